The number of oxime groups is 1. The van der Waals surface area contributed by atoms with Gasteiger partial charge in [0, 0.05) is 6.42 Å². The predicted octanol–water partition coefficient (Wildman–Crippen LogP) is 2.91. The second-order valence-corrected chi connectivity index (χ2v) is 3.69. The molecular formula is C12H21NO3. The third-order valence-electron chi connectivity index (χ3n) is 2.21. The topological polar surface area (TPSA) is 58.9 Å². The quantitative estimate of drug-likeness (QED) is 0.228. The minimum atomic E-state index is -0.140. The SMILES string of the molecule is C=C(C)C(CCCCCC(=O)OCC)=NO. The van der Waals surface area contributed by atoms with Crippen LogP contribution in [-0.4, -0.2) is 23.5 Å². The minimum absolute atomic E-state index is 0.140. The highest BCUT2D eigenvalue weighted by Gasteiger charge is 2.03. The van der Waals surface area contributed by atoms with E-state index in [-0.39, 0.29) is 5.97 Å². The molecule has 0 aromatic carbocycles. The highest BCUT2D eigenvalue weighted by molar-refractivity contribution is 5.98. The summed E-state index contributed by atoms with van der Waals surface area (Å²) < 4.78 is 4.81. The van der Waals surface area contributed by atoms with Crippen LogP contribution in [0.3, 0.4) is 0 Å². The summed E-state index contributed by atoms with van der Waals surface area (Å²) in [4.78, 5) is 11.0. The van der Waals surface area contributed by atoms with Gasteiger partial charge in [-0.1, -0.05) is 18.2 Å². The molecule has 4 heteroatoms. The van der Waals surface area contributed by atoms with E-state index in [0.717, 1.165) is 24.8 Å². The lowest BCUT2D eigenvalue weighted by molar-refractivity contribution is -0.143. The van der Waals surface area contributed by atoms with E-state index in [1.54, 1.807) is 6.92 Å². The first kappa shape index (κ1) is 14.7. The van der Waals surface area contributed by atoms with Crippen molar-refractivity contribution in [1.29, 1.82) is 0 Å². The van der Waals surface area contributed by atoms with Crippen molar-refractivity contribution in [2.24, 2.45) is 5.16 Å². The lowest BCUT2D eigenvalue weighted by Gasteiger charge is -2.03. The van der Waals surface area contributed by atoms with E-state index >= 15 is 0 Å². The van der Waals surface area contributed by atoms with Gasteiger partial charge in [-0.15, -0.1) is 0 Å². The van der Waals surface area contributed by atoms with E-state index in [1.165, 1.54) is 0 Å². The first-order valence-corrected chi connectivity index (χ1v) is 5.64. The summed E-state index contributed by atoms with van der Waals surface area (Å²) in [7, 11) is 0. The molecule has 0 aliphatic carbocycles. The monoisotopic (exact) mass is 227 g/mol. The molecule has 92 valence electrons. The summed E-state index contributed by atoms with van der Waals surface area (Å²) in [5, 5.41) is 11.8. The number of rotatable bonds is 8. The number of allylic oxidation sites excluding steroid dienone is 1. The molecule has 0 fully saturated rings. The molecule has 1 N–H and O–H groups in total. The first-order chi connectivity index (χ1) is 7.61. The molecule has 0 unspecified atom stereocenters. The molecule has 0 heterocycles. The zero-order chi connectivity index (χ0) is 12.4. The fraction of sp³-hybridized carbons (Fsp3) is 0.667. The van der Waals surface area contributed by atoms with Crippen molar-refractivity contribution in [2.45, 2.75) is 46.0 Å². The Morgan fingerprint density at radius 3 is 2.44 bits per heavy atom. The standard InChI is InChI=1S/C12H21NO3/c1-4-16-12(14)9-7-5-6-8-11(13-15)10(2)3/h15H,2,4-9H2,1,3H3. The van der Waals surface area contributed by atoms with Crippen LogP contribution in [0.2, 0.25) is 0 Å². The Balaban J connectivity index is 3.54. The summed E-state index contributed by atoms with van der Waals surface area (Å²) in [6.45, 7) is 7.77. The van der Waals surface area contributed by atoms with E-state index in [2.05, 4.69) is 11.7 Å². The third-order valence-corrected chi connectivity index (χ3v) is 2.21. The van der Waals surface area contributed by atoms with Crippen LogP contribution < -0.4 is 0 Å². The summed E-state index contributed by atoms with van der Waals surface area (Å²) in [6.07, 6.45) is 3.80. The van der Waals surface area contributed by atoms with Crippen molar-refractivity contribution in [2.75, 3.05) is 6.61 Å². The Kier molecular flexibility index (Phi) is 8.21. The van der Waals surface area contributed by atoms with Gasteiger partial charge in [-0.25, -0.2) is 0 Å². The van der Waals surface area contributed by atoms with Crippen molar-refractivity contribution >= 4 is 11.7 Å². The fourth-order valence-corrected chi connectivity index (χ4v) is 1.32. The second kappa shape index (κ2) is 8.95. The number of hydrogen-bond acceptors (Lipinski definition) is 4. The van der Waals surface area contributed by atoms with Crippen LogP contribution in [0, 0.1) is 0 Å². The Hall–Kier alpha value is -1.32. The molecule has 0 aliphatic rings. The Labute approximate surface area is 97.0 Å². The zero-order valence-corrected chi connectivity index (χ0v) is 10.2. The fourth-order valence-electron chi connectivity index (χ4n) is 1.32. The summed E-state index contributed by atoms with van der Waals surface area (Å²) in [5.41, 5.74) is 1.42. The minimum Gasteiger partial charge on any atom is -0.466 e. The largest absolute Gasteiger partial charge is 0.466 e. The second-order valence-electron chi connectivity index (χ2n) is 3.69. The van der Waals surface area contributed by atoms with Gasteiger partial charge in [0.1, 0.15) is 0 Å². The average Bonchev–Trinajstić information content (AvgIpc) is 2.23. The number of carbonyl (C=O) groups excluding carboxylic acids is 1. The van der Waals surface area contributed by atoms with E-state index in [9.17, 15) is 4.79 Å². The Morgan fingerprint density at radius 2 is 1.94 bits per heavy atom. The van der Waals surface area contributed by atoms with Crippen molar-refractivity contribution < 1.29 is 14.7 Å². The van der Waals surface area contributed by atoms with Gasteiger partial charge in [-0.2, -0.15) is 0 Å². The zero-order valence-electron chi connectivity index (χ0n) is 10.2. The number of unbranched alkanes of at least 4 members (excludes halogenated alkanes) is 2. The molecule has 0 radical (unpaired) electrons. The number of carbonyl (C=O) groups is 1. The maximum absolute atomic E-state index is 11.0. The van der Waals surface area contributed by atoms with Crippen LogP contribution in [0.1, 0.15) is 46.0 Å². The maximum Gasteiger partial charge on any atom is 0.305 e. The van der Waals surface area contributed by atoms with Crippen molar-refractivity contribution in [3.63, 3.8) is 0 Å². The molecule has 0 saturated heterocycles. The summed E-state index contributed by atoms with van der Waals surface area (Å²) in [5.74, 6) is -0.140. The number of hydrogen-bond donors (Lipinski definition) is 1. The maximum atomic E-state index is 11.0. The van der Waals surface area contributed by atoms with Gasteiger partial charge in [0.2, 0.25) is 0 Å². The highest BCUT2D eigenvalue weighted by atomic mass is 16.5. The molecule has 0 rings (SSSR count). The molecule has 0 amide bonds. The van der Waals surface area contributed by atoms with Gasteiger partial charge < -0.3 is 9.94 Å². The van der Waals surface area contributed by atoms with Crippen LogP contribution >= 0.6 is 0 Å². The first-order valence-electron chi connectivity index (χ1n) is 5.64. The van der Waals surface area contributed by atoms with E-state index in [1.807, 2.05) is 6.92 Å². The van der Waals surface area contributed by atoms with Crippen LogP contribution in [0.4, 0.5) is 0 Å². The highest BCUT2D eigenvalue weighted by Crippen LogP contribution is 2.08. The molecule has 0 spiro atoms. The molecule has 16 heavy (non-hydrogen) atoms. The van der Waals surface area contributed by atoms with Gasteiger partial charge in [-0.05, 0) is 38.7 Å². The normalized spacial score (nSPS) is 11.2. The van der Waals surface area contributed by atoms with Gasteiger partial charge in [0.05, 0.1) is 12.3 Å². The predicted molar refractivity (Wildman–Crippen MR) is 63.8 cm³/mol. The van der Waals surface area contributed by atoms with Crippen LogP contribution in [-0.2, 0) is 9.53 Å². The average molecular weight is 227 g/mol. The number of nitrogens with zero attached hydrogens (tertiary/aromatic N) is 1. The van der Waals surface area contributed by atoms with E-state index < -0.39 is 0 Å². The van der Waals surface area contributed by atoms with Gasteiger partial charge >= 0.3 is 5.97 Å². The van der Waals surface area contributed by atoms with Crippen LogP contribution in [0.25, 0.3) is 0 Å². The lowest BCUT2D eigenvalue weighted by Crippen LogP contribution is -2.03. The van der Waals surface area contributed by atoms with Crippen LogP contribution in [0.15, 0.2) is 17.3 Å². The summed E-state index contributed by atoms with van der Waals surface area (Å²) in [6, 6.07) is 0. The van der Waals surface area contributed by atoms with Gasteiger partial charge in [0.25, 0.3) is 0 Å². The van der Waals surface area contributed by atoms with Crippen LogP contribution in [0.5, 0.6) is 0 Å². The summed E-state index contributed by atoms with van der Waals surface area (Å²) >= 11 is 0. The van der Waals surface area contributed by atoms with Crippen molar-refractivity contribution in [1.82, 2.24) is 0 Å². The van der Waals surface area contributed by atoms with Gasteiger partial charge in [0.15, 0.2) is 0 Å². The van der Waals surface area contributed by atoms with Gasteiger partial charge in [-0.3, -0.25) is 4.79 Å². The molecule has 0 aliphatic heterocycles. The molecule has 0 aromatic heterocycles. The van der Waals surface area contributed by atoms with Crippen molar-refractivity contribution in [3.05, 3.63) is 12.2 Å². The molecule has 0 aromatic rings. The van der Waals surface area contributed by atoms with Crippen molar-refractivity contribution in [3.8, 4) is 0 Å². The Morgan fingerprint density at radius 1 is 1.31 bits per heavy atom. The third kappa shape index (κ3) is 7.04. The van der Waals surface area contributed by atoms with E-state index in [0.29, 0.717) is 25.2 Å². The number of esters is 1. The Bertz CT molecular complexity index is 259. The number of ether oxygens (including phenoxy) is 1. The smallest absolute Gasteiger partial charge is 0.305 e. The molecular weight excluding hydrogens is 206 g/mol. The molecule has 4 nitrogen and oxygen atoms in total. The molecule has 0 bridgehead atoms. The molecule has 0 atom stereocenters. The van der Waals surface area contributed by atoms with E-state index in [4.69, 9.17) is 9.94 Å². The lowest BCUT2D eigenvalue weighted by atomic mass is 10.1. The molecule has 0 saturated carbocycles.